The van der Waals surface area contributed by atoms with Gasteiger partial charge in [-0.25, -0.2) is 9.37 Å². The molecule has 3 aromatic rings. The number of nitrogens with zero attached hydrogens (tertiary/aromatic N) is 5. The molecule has 1 unspecified atom stereocenters. The number of pyridine rings is 1. The monoisotopic (exact) mass is 520 g/mol. The Hall–Kier alpha value is -3.95. The van der Waals surface area contributed by atoms with Gasteiger partial charge < -0.3 is 24.4 Å². The van der Waals surface area contributed by atoms with Crippen LogP contribution in [0, 0.1) is 5.82 Å². The van der Waals surface area contributed by atoms with Crippen LogP contribution in [-0.4, -0.2) is 70.4 Å². The maximum Gasteiger partial charge on any atom is 0.254 e. The first-order valence-corrected chi connectivity index (χ1v) is 12.9. The Bertz CT molecular complexity index is 1400. The second kappa shape index (κ2) is 9.74. The SMILES string of the molecule is CCOc1cc(C(C)N2CC3(CC3)c3c(C(=O)N(C)C)cc(Cn4ccnc4NC)cc3C2=O)ncc1F. The Kier molecular flexibility index (Phi) is 6.58. The Morgan fingerprint density at radius 3 is 2.68 bits per heavy atom. The molecule has 1 fully saturated rings. The zero-order valence-corrected chi connectivity index (χ0v) is 22.4. The molecule has 10 heteroatoms. The van der Waals surface area contributed by atoms with Crippen LogP contribution in [0.2, 0.25) is 0 Å². The molecule has 0 bridgehead atoms. The summed E-state index contributed by atoms with van der Waals surface area (Å²) in [6.45, 7) is 4.94. The van der Waals surface area contributed by atoms with Gasteiger partial charge in [-0.2, -0.15) is 0 Å². The molecule has 2 aromatic heterocycles. The van der Waals surface area contributed by atoms with Crippen LogP contribution in [0.5, 0.6) is 5.75 Å². The molecule has 5 rings (SSSR count). The molecule has 1 spiro atoms. The van der Waals surface area contributed by atoms with Crippen molar-refractivity contribution in [2.45, 2.75) is 44.7 Å². The summed E-state index contributed by atoms with van der Waals surface area (Å²) in [5, 5.41) is 3.06. The zero-order valence-electron chi connectivity index (χ0n) is 22.4. The predicted octanol–water partition coefficient (Wildman–Crippen LogP) is 3.86. The van der Waals surface area contributed by atoms with E-state index in [1.54, 1.807) is 50.1 Å². The van der Waals surface area contributed by atoms with E-state index in [4.69, 9.17) is 4.74 Å². The number of carbonyl (C=O) groups excluding carboxylic acids is 2. The first kappa shape index (κ1) is 25.7. The molecule has 1 N–H and O–H groups in total. The highest BCUT2D eigenvalue weighted by atomic mass is 19.1. The smallest absolute Gasteiger partial charge is 0.254 e. The number of nitrogens with one attached hydrogen (secondary N) is 1. The number of rotatable bonds is 8. The number of amides is 2. The zero-order chi connectivity index (χ0) is 27.2. The average Bonchev–Trinajstić information content (AvgIpc) is 3.53. The van der Waals surface area contributed by atoms with Gasteiger partial charge in [-0.15, -0.1) is 0 Å². The summed E-state index contributed by atoms with van der Waals surface area (Å²) >= 11 is 0. The van der Waals surface area contributed by atoms with Gasteiger partial charge in [0.25, 0.3) is 11.8 Å². The third kappa shape index (κ3) is 4.37. The van der Waals surface area contributed by atoms with Crippen LogP contribution in [0.3, 0.4) is 0 Å². The molecular formula is C28H33FN6O3. The molecule has 2 aliphatic rings. The number of halogens is 1. The fraction of sp³-hybridized carbons (Fsp3) is 0.429. The van der Waals surface area contributed by atoms with Crippen LogP contribution in [0.25, 0.3) is 0 Å². The number of carbonyl (C=O) groups is 2. The Morgan fingerprint density at radius 1 is 1.26 bits per heavy atom. The minimum atomic E-state index is -0.534. The summed E-state index contributed by atoms with van der Waals surface area (Å²) in [6, 6.07) is 4.99. The molecular weight excluding hydrogens is 487 g/mol. The van der Waals surface area contributed by atoms with Gasteiger partial charge in [0.1, 0.15) is 0 Å². The van der Waals surface area contributed by atoms with Gasteiger partial charge >= 0.3 is 0 Å². The third-order valence-corrected chi connectivity index (χ3v) is 7.51. The number of imidazole rings is 1. The summed E-state index contributed by atoms with van der Waals surface area (Å²) in [4.78, 5) is 39.4. The fourth-order valence-electron chi connectivity index (χ4n) is 5.40. The van der Waals surface area contributed by atoms with Crippen LogP contribution in [-0.2, 0) is 12.0 Å². The number of fused-ring (bicyclic) bond motifs is 2. The molecule has 3 heterocycles. The first-order chi connectivity index (χ1) is 18.2. The topological polar surface area (TPSA) is 92.6 Å². The van der Waals surface area contributed by atoms with E-state index in [2.05, 4.69) is 15.3 Å². The summed E-state index contributed by atoms with van der Waals surface area (Å²) in [5.41, 5.74) is 3.06. The van der Waals surface area contributed by atoms with Gasteiger partial charge in [0.05, 0.1) is 31.1 Å². The van der Waals surface area contributed by atoms with E-state index in [9.17, 15) is 14.0 Å². The minimum Gasteiger partial charge on any atom is -0.491 e. The van der Waals surface area contributed by atoms with Crippen LogP contribution < -0.4 is 10.1 Å². The molecule has 9 nitrogen and oxygen atoms in total. The standard InChI is InChI=1S/C28H33FN6O3/c1-6-38-23-13-22(32-14-21(23)29)17(2)35-16-28(7-8-28)24-19(25(36)33(4)5)11-18(12-20(24)26(35)37)15-34-10-9-31-27(34)30-3/h9-14,17H,6-8,15-16H2,1-5H3,(H,30,31). The highest BCUT2D eigenvalue weighted by Gasteiger charge is 2.54. The summed E-state index contributed by atoms with van der Waals surface area (Å²) in [6.07, 6.45) is 6.47. The fourth-order valence-corrected chi connectivity index (χ4v) is 5.40. The summed E-state index contributed by atoms with van der Waals surface area (Å²) < 4.78 is 21.6. The molecule has 1 saturated carbocycles. The van der Waals surface area contributed by atoms with Crippen molar-refractivity contribution in [1.82, 2.24) is 24.3 Å². The molecule has 0 radical (unpaired) electrons. The van der Waals surface area contributed by atoms with E-state index in [-0.39, 0.29) is 23.0 Å². The number of aromatic nitrogens is 3. The van der Waals surface area contributed by atoms with Crippen molar-refractivity contribution >= 4 is 17.8 Å². The number of benzene rings is 1. The third-order valence-electron chi connectivity index (χ3n) is 7.51. The maximum absolute atomic E-state index is 14.2. The summed E-state index contributed by atoms with van der Waals surface area (Å²) in [7, 11) is 5.25. The highest BCUT2D eigenvalue weighted by Crippen LogP contribution is 2.55. The van der Waals surface area contributed by atoms with Crippen LogP contribution >= 0.6 is 0 Å². The highest BCUT2D eigenvalue weighted by molar-refractivity contribution is 6.04. The Labute approximate surface area is 221 Å². The van der Waals surface area contributed by atoms with Crippen LogP contribution in [0.15, 0.2) is 36.8 Å². The second-order valence-corrected chi connectivity index (χ2v) is 10.3. The normalized spacial score (nSPS) is 16.3. The van der Waals surface area contributed by atoms with Gasteiger partial charge in [-0.1, -0.05) is 0 Å². The van der Waals surface area contributed by atoms with Crippen molar-refractivity contribution in [2.75, 3.05) is 39.6 Å². The minimum absolute atomic E-state index is 0.121. The molecule has 1 aromatic carbocycles. The number of ether oxygens (including phenoxy) is 1. The van der Waals surface area contributed by atoms with Crippen molar-refractivity contribution < 1.29 is 18.7 Å². The molecule has 38 heavy (non-hydrogen) atoms. The van der Waals surface area contributed by atoms with Gasteiger partial charge in [-0.3, -0.25) is 14.6 Å². The second-order valence-electron chi connectivity index (χ2n) is 10.3. The van der Waals surface area contributed by atoms with E-state index in [1.807, 2.05) is 29.8 Å². The van der Waals surface area contributed by atoms with E-state index >= 15 is 0 Å². The van der Waals surface area contributed by atoms with Gasteiger partial charge in [0, 0.05) is 62.7 Å². The van der Waals surface area contributed by atoms with E-state index in [0.717, 1.165) is 30.2 Å². The Morgan fingerprint density at radius 2 is 2.03 bits per heavy atom. The number of hydrogen-bond donors (Lipinski definition) is 1. The van der Waals surface area contributed by atoms with E-state index in [0.29, 0.717) is 42.5 Å². The van der Waals surface area contributed by atoms with Crippen molar-refractivity contribution in [3.8, 4) is 5.75 Å². The van der Waals surface area contributed by atoms with Crippen LogP contribution in [0.1, 0.15) is 70.3 Å². The lowest BCUT2D eigenvalue weighted by Crippen LogP contribution is -2.46. The van der Waals surface area contributed by atoms with Crippen molar-refractivity contribution in [3.63, 3.8) is 0 Å². The van der Waals surface area contributed by atoms with Crippen molar-refractivity contribution in [1.29, 1.82) is 0 Å². The lowest BCUT2D eigenvalue weighted by atomic mass is 9.80. The van der Waals surface area contributed by atoms with Crippen molar-refractivity contribution in [3.05, 3.63) is 70.6 Å². The number of hydrogen-bond acceptors (Lipinski definition) is 6. The Balaban J connectivity index is 1.59. The lowest BCUT2D eigenvalue weighted by Gasteiger charge is -2.39. The van der Waals surface area contributed by atoms with Gasteiger partial charge in [0.2, 0.25) is 5.95 Å². The molecule has 2 amide bonds. The predicted molar refractivity (Wildman–Crippen MR) is 141 cm³/mol. The van der Waals surface area contributed by atoms with Gasteiger partial charge in [0.15, 0.2) is 11.6 Å². The van der Waals surface area contributed by atoms with E-state index < -0.39 is 11.9 Å². The molecule has 200 valence electrons. The number of anilines is 1. The molecule has 1 aliphatic carbocycles. The van der Waals surface area contributed by atoms with Gasteiger partial charge in [-0.05, 0) is 49.9 Å². The quantitative estimate of drug-likeness (QED) is 0.485. The first-order valence-electron chi connectivity index (χ1n) is 12.9. The average molecular weight is 521 g/mol. The molecule has 1 aliphatic heterocycles. The van der Waals surface area contributed by atoms with E-state index in [1.165, 1.54) is 0 Å². The lowest BCUT2D eigenvalue weighted by molar-refractivity contribution is 0.0632. The molecule has 0 saturated heterocycles. The largest absolute Gasteiger partial charge is 0.491 e. The summed E-state index contributed by atoms with van der Waals surface area (Å²) in [5.74, 6) is -0.00487. The molecule has 1 atom stereocenters. The van der Waals surface area contributed by atoms with Crippen LogP contribution in [0.4, 0.5) is 10.3 Å². The maximum atomic E-state index is 14.2. The van der Waals surface area contributed by atoms with Crippen molar-refractivity contribution in [2.24, 2.45) is 0 Å².